The third-order valence-electron chi connectivity index (χ3n) is 4.25. The first kappa shape index (κ1) is 16.8. The standard InChI is InChI=1S/C20H23ClN2O/c1-13(2)11-23-18-9-8-16(21)10-17(18)22-20(23)12-24-19-7-5-6-14(3)15(19)4/h5-10,13H,11-12H2,1-4H3. The molecule has 1 aromatic heterocycles. The lowest BCUT2D eigenvalue weighted by molar-refractivity contribution is 0.285. The van der Waals surface area contributed by atoms with Crippen molar-refractivity contribution in [1.29, 1.82) is 0 Å². The van der Waals surface area contributed by atoms with E-state index in [0.29, 0.717) is 17.5 Å². The average Bonchev–Trinajstić information content (AvgIpc) is 2.85. The van der Waals surface area contributed by atoms with E-state index in [2.05, 4.69) is 38.3 Å². The highest BCUT2D eigenvalue weighted by Gasteiger charge is 2.13. The van der Waals surface area contributed by atoms with Gasteiger partial charge in [0.05, 0.1) is 11.0 Å². The molecule has 3 nitrogen and oxygen atoms in total. The molecule has 1 heterocycles. The van der Waals surface area contributed by atoms with Crippen LogP contribution < -0.4 is 4.74 Å². The van der Waals surface area contributed by atoms with Gasteiger partial charge in [0.1, 0.15) is 18.2 Å². The SMILES string of the molecule is Cc1cccc(OCc2nc3cc(Cl)ccc3n2CC(C)C)c1C. The van der Waals surface area contributed by atoms with Crippen LogP contribution in [0.5, 0.6) is 5.75 Å². The summed E-state index contributed by atoms with van der Waals surface area (Å²) in [4.78, 5) is 4.75. The number of benzene rings is 2. The molecule has 0 aliphatic carbocycles. The molecule has 0 saturated carbocycles. The quantitative estimate of drug-likeness (QED) is 0.608. The van der Waals surface area contributed by atoms with Gasteiger partial charge in [-0.3, -0.25) is 0 Å². The highest BCUT2D eigenvalue weighted by Crippen LogP contribution is 2.25. The Bertz CT molecular complexity index is 867. The molecule has 0 saturated heterocycles. The zero-order valence-corrected chi connectivity index (χ0v) is 15.4. The molecule has 0 bridgehead atoms. The molecule has 3 aromatic rings. The van der Waals surface area contributed by atoms with Gasteiger partial charge in [-0.1, -0.05) is 37.6 Å². The van der Waals surface area contributed by atoms with Crippen LogP contribution in [0.2, 0.25) is 5.02 Å². The van der Waals surface area contributed by atoms with Gasteiger partial charge in [-0.05, 0) is 55.2 Å². The molecule has 126 valence electrons. The smallest absolute Gasteiger partial charge is 0.148 e. The summed E-state index contributed by atoms with van der Waals surface area (Å²) in [5.74, 6) is 2.37. The molecule has 2 aromatic carbocycles. The van der Waals surface area contributed by atoms with E-state index in [1.54, 1.807) is 0 Å². The van der Waals surface area contributed by atoms with Crippen molar-refractivity contribution in [3.8, 4) is 5.75 Å². The fourth-order valence-electron chi connectivity index (χ4n) is 2.85. The first-order chi connectivity index (χ1) is 11.5. The van der Waals surface area contributed by atoms with E-state index >= 15 is 0 Å². The van der Waals surface area contributed by atoms with Crippen LogP contribution in [0.25, 0.3) is 11.0 Å². The summed E-state index contributed by atoms with van der Waals surface area (Å²) in [6.45, 7) is 9.95. The minimum Gasteiger partial charge on any atom is -0.485 e. The predicted molar refractivity (Wildman–Crippen MR) is 99.8 cm³/mol. The summed E-state index contributed by atoms with van der Waals surface area (Å²) in [5, 5.41) is 0.707. The lowest BCUT2D eigenvalue weighted by Crippen LogP contribution is -2.11. The Labute approximate surface area is 148 Å². The summed E-state index contributed by atoms with van der Waals surface area (Å²) >= 11 is 6.12. The molecule has 3 rings (SSSR count). The number of hydrogen-bond donors (Lipinski definition) is 0. The Balaban J connectivity index is 1.94. The van der Waals surface area contributed by atoms with Crippen LogP contribution >= 0.6 is 11.6 Å². The van der Waals surface area contributed by atoms with Crippen molar-refractivity contribution in [2.24, 2.45) is 5.92 Å². The van der Waals surface area contributed by atoms with E-state index in [9.17, 15) is 0 Å². The second kappa shape index (κ2) is 6.86. The van der Waals surface area contributed by atoms with Gasteiger partial charge in [0, 0.05) is 11.6 Å². The Kier molecular flexibility index (Phi) is 4.81. The molecular weight excluding hydrogens is 320 g/mol. The van der Waals surface area contributed by atoms with E-state index in [4.69, 9.17) is 21.3 Å². The summed E-state index contributed by atoms with van der Waals surface area (Å²) < 4.78 is 8.31. The molecule has 0 unspecified atom stereocenters. The second-order valence-electron chi connectivity index (χ2n) is 6.65. The van der Waals surface area contributed by atoms with Crippen LogP contribution in [-0.4, -0.2) is 9.55 Å². The van der Waals surface area contributed by atoms with E-state index in [-0.39, 0.29) is 0 Å². The third-order valence-corrected chi connectivity index (χ3v) is 4.48. The first-order valence-electron chi connectivity index (χ1n) is 8.29. The molecule has 0 radical (unpaired) electrons. The molecule has 0 aliphatic heterocycles. The fourth-order valence-corrected chi connectivity index (χ4v) is 3.02. The van der Waals surface area contributed by atoms with Crippen LogP contribution in [0, 0.1) is 19.8 Å². The number of halogens is 1. The minimum absolute atomic E-state index is 0.448. The fraction of sp³-hybridized carbons (Fsp3) is 0.350. The van der Waals surface area contributed by atoms with Crippen LogP contribution in [0.3, 0.4) is 0 Å². The van der Waals surface area contributed by atoms with Gasteiger partial charge in [0.25, 0.3) is 0 Å². The molecule has 0 amide bonds. The Morgan fingerprint density at radius 1 is 1.17 bits per heavy atom. The maximum absolute atomic E-state index is 6.12. The van der Waals surface area contributed by atoms with E-state index < -0.39 is 0 Å². The number of ether oxygens (including phenoxy) is 1. The molecule has 0 fully saturated rings. The van der Waals surface area contributed by atoms with E-state index in [1.165, 1.54) is 11.1 Å². The van der Waals surface area contributed by atoms with E-state index in [0.717, 1.165) is 29.2 Å². The van der Waals surface area contributed by atoms with Crippen molar-refractivity contribution in [2.45, 2.75) is 40.8 Å². The molecular formula is C20H23ClN2O. The minimum atomic E-state index is 0.448. The predicted octanol–water partition coefficient (Wildman–Crippen LogP) is 5.54. The number of rotatable bonds is 5. The average molecular weight is 343 g/mol. The molecule has 0 atom stereocenters. The molecule has 0 spiro atoms. The van der Waals surface area contributed by atoms with Gasteiger partial charge in [-0.25, -0.2) is 4.98 Å². The summed E-state index contributed by atoms with van der Waals surface area (Å²) in [5.41, 5.74) is 4.43. The monoisotopic (exact) mass is 342 g/mol. The zero-order valence-electron chi connectivity index (χ0n) is 14.6. The Hall–Kier alpha value is -2.00. The molecule has 24 heavy (non-hydrogen) atoms. The van der Waals surface area contributed by atoms with Crippen molar-refractivity contribution in [1.82, 2.24) is 9.55 Å². The Morgan fingerprint density at radius 3 is 2.71 bits per heavy atom. The van der Waals surface area contributed by atoms with Crippen molar-refractivity contribution in [3.63, 3.8) is 0 Å². The summed E-state index contributed by atoms with van der Waals surface area (Å²) in [6, 6.07) is 12.0. The molecule has 0 aliphatic rings. The third kappa shape index (κ3) is 3.41. The van der Waals surface area contributed by atoms with Gasteiger partial charge < -0.3 is 9.30 Å². The normalized spacial score (nSPS) is 11.4. The lowest BCUT2D eigenvalue weighted by atomic mass is 10.1. The van der Waals surface area contributed by atoms with Crippen molar-refractivity contribution < 1.29 is 4.74 Å². The topological polar surface area (TPSA) is 27.1 Å². The van der Waals surface area contributed by atoms with Crippen molar-refractivity contribution in [3.05, 3.63) is 58.4 Å². The van der Waals surface area contributed by atoms with Gasteiger partial charge in [0.15, 0.2) is 0 Å². The van der Waals surface area contributed by atoms with E-state index in [1.807, 2.05) is 30.3 Å². The summed E-state index contributed by atoms with van der Waals surface area (Å²) in [6.07, 6.45) is 0. The van der Waals surface area contributed by atoms with Crippen LogP contribution in [0.15, 0.2) is 36.4 Å². The molecule has 0 N–H and O–H groups in total. The van der Waals surface area contributed by atoms with Gasteiger partial charge in [-0.2, -0.15) is 0 Å². The number of fused-ring (bicyclic) bond motifs is 1. The zero-order chi connectivity index (χ0) is 17.3. The second-order valence-corrected chi connectivity index (χ2v) is 7.09. The summed E-state index contributed by atoms with van der Waals surface area (Å²) in [7, 11) is 0. The van der Waals surface area contributed by atoms with Crippen LogP contribution in [0.1, 0.15) is 30.8 Å². The highest BCUT2D eigenvalue weighted by atomic mass is 35.5. The maximum Gasteiger partial charge on any atom is 0.148 e. The highest BCUT2D eigenvalue weighted by molar-refractivity contribution is 6.31. The number of hydrogen-bond acceptors (Lipinski definition) is 2. The first-order valence-corrected chi connectivity index (χ1v) is 8.67. The number of aromatic nitrogens is 2. The van der Waals surface area contributed by atoms with Gasteiger partial charge in [0.2, 0.25) is 0 Å². The van der Waals surface area contributed by atoms with Crippen molar-refractivity contribution >= 4 is 22.6 Å². The van der Waals surface area contributed by atoms with Crippen LogP contribution in [0.4, 0.5) is 0 Å². The van der Waals surface area contributed by atoms with Crippen LogP contribution in [-0.2, 0) is 13.2 Å². The molecule has 4 heteroatoms. The Morgan fingerprint density at radius 2 is 1.96 bits per heavy atom. The van der Waals surface area contributed by atoms with Gasteiger partial charge >= 0.3 is 0 Å². The van der Waals surface area contributed by atoms with Crippen molar-refractivity contribution in [2.75, 3.05) is 0 Å². The largest absolute Gasteiger partial charge is 0.485 e. The number of nitrogens with zero attached hydrogens (tertiary/aromatic N) is 2. The number of aryl methyl sites for hydroxylation is 1. The lowest BCUT2D eigenvalue weighted by Gasteiger charge is -2.14. The van der Waals surface area contributed by atoms with Gasteiger partial charge in [-0.15, -0.1) is 0 Å². The number of imidazole rings is 1. The maximum atomic E-state index is 6.12.